The number of benzene rings is 1. The van der Waals surface area contributed by atoms with Crippen LogP contribution in [0.15, 0.2) is 18.2 Å². The summed E-state index contributed by atoms with van der Waals surface area (Å²) in [5.74, 6) is 0. The Labute approximate surface area is 82.6 Å². The van der Waals surface area contributed by atoms with Gasteiger partial charge < -0.3 is 10.7 Å². The quantitative estimate of drug-likeness (QED) is 0.561. The summed E-state index contributed by atoms with van der Waals surface area (Å²) < 4.78 is 0. The lowest BCUT2D eigenvalue weighted by Gasteiger charge is -2.10. The van der Waals surface area contributed by atoms with E-state index in [4.69, 9.17) is 5.41 Å². The van der Waals surface area contributed by atoms with E-state index in [0.717, 1.165) is 30.4 Å². The molecule has 1 aromatic rings. The van der Waals surface area contributed by atoms with Gasteiger partial charge >= 0.3 is 0 Å². The van der Waals surface area contributed by atoms with E-state index < -0.39 is 0 Å². The van der Waals surface area contributed by atoms with Crippen molar-refractivity contribution in [1.82, 2.24) is 0 Å². The number of hydrogen-bond donors (Lipinski definition) is 2. The topological polar surface area (TPSA) is 53.0 Å². The lowest BCUT2D eigenvalue weighted by molar-refractivity contribution is 0.112. The summed E-state index contributed by atoms with van der Waals surface area (Å²) in [6, 6.07) is 5.90. The largest absolute Gasteiger partial charge is 0.381 e. The van der Waals surface area contributed by atoms with Crippen LogP contribution in [0.5, 0.6) is 0 Å². The molecule has 0 unspecified atom stereocenters. The molecule has 1 saturated carbocycles. The monoisotopic (exact) mass is 188 g/mol. The second-order valence-electron chi connectivity index (χ2n) is 3.49. The van der Waals surface area contributed by atoms with Crippen LogP contribution in [0.4, 0.5) is 5.69 Å². The lowest BCUT2D eigenvalue weighted by Crippen LogP contribution is -2.06. The first kappa shape index (κ1) is 8.94. The number of rotatable bonds is 4. The highest BCUT2D eigenvalue weighted by Gasteiger charge is 2.22. The Hall–Kier alpha value is -1.64. The molecule has 0 bridgehead atoms. The third kappa shape index (κ3) is 1.66. The molecule has 72 valence electrons. The summed E-state index contributed by atoms with van der Waals surface area (Å²) in [5.41, 5.74) is 2.22. The van der Waals surface area contributed by atoms with Gasteiger partial charge in [0.2, 0.25) is 0 Å². The van der Waals surface area contributed by atoms with Crippen LogP contribution < -0.4 is 5.32 Å². The molecule has 0 aliphatic heterocycles. The van der Waals surface area contributed by atoms with Gasteiger partial charge in [0.25, 0.3) is 0 Å². The fourth-order valence-electron chi connectivity index (χ4n) is 1.41. The zero-order valence-electron chi connectivity index (χ0n) is 7.79. The van der Waals surface area contributed by atoms with E-state index in [2.05, 4.69) is 5.32 Å². The second kappa shape index (κ2) is 3.62. The third-order valence-electron chi connectivity index (χ3n) is 2.34. The molecular formula is C11H12N2O. The Balaban J connectivity index is 2.38. The molecule has 0 heterocycles. The molecule has 14 heavy (non-hydrogen) atoms. The van der Waals surface area contributed by atoms with Crippen LogP contribution in [-0.4, -0.2) is 18.5 Å². The van der Waals surface area contributed by atoms with Crippen LogP contribution in [0, 0.1) is 5.41 Å². The van der Waals surface area contributed by atoms with Crippen LogP contribution in [0.3, 0.4) is 0 Å². The normalized spacial score (nSPS) is 14.9. The average Bonchev–Trinajstić information content (AvgIpc) is 3.02. The zero-order valence-corrected chi connectivity index (χ0v) is 7.79. The molecule has 1 fully saturated rings. The van der Waals surface area contributed by atoms with Crippen molar-refractivity contribution >= 4 is 18.2 Å². The number of carbonyl (C=O) groups is 1. The van der Waals surface area contributed by atoms with Crippen molar-refractivity contribution in [2.45, 2.75) is 18.9 Å². The van der Waals surface area contributed by atoms with Crippen LogP contribution in [0.25, 0.3) is 0 Å². The number of para-hydroxylation sites is 1. The summed E-state index contributed by atoms with van der Waals surface area (Å²) in [4.78, 5) is 10.8. The van der Waals surface area contributed by atoms with Crippen LogP contribution >= 0.6 is 0 Å². The van der Waals surface area contributed by atoms with Gasteiger partial charge in [-0.25, -0.2) is 0 Å². The number of nitrogens with one attached hydrogen (secondary N) is 2. The molecule has 0 aromatic heterocycles. The molecule has 2 N–H and O–H groups in total. The number of carbonyl (C=O) groups excluding carboxylic acids is 1. The van der Waals surface area contributed by atoms with Gasteiger partial charge in [0.1, 0.15) is 0 Å². The second-order valence-corrected chi connectivity index (χ2v) is 3.49. The third-order valence-corrected chi connectivity index (χ3v) is 2.34. The zero-order chi connectivity index (χ0) is 9.97. The SMILES string of the molecule is N=Cc1cccc(C=O)c1NC1CC1. The Kier molecular flexibility index (Phi) is 2.31. The molecule has 1 aromatic carbocycles. The van der Waals surface area contributed by atoms with E-state index in [9.17, 15) is 4.79 Å². The number of aldehydes is 1. The molecule has 0 spiro atoms. The summed E-state index contributed by atoms with van der Waals surface area (Å²) in [5, 5.41) is 10.5. The predicted octanol–water partition coefficient (Wildman–Crippen LogP) is 2.07. The predicted molar refractivity (Wildman–Crippen MR) is 56.4 cm³/mol. The Morgan fingerprint density at radius 3 is 2.64 bits per heavy atom. The first-order valence-corrected chi connectivity index (χ1v) is 4.70. The Bertz CT molecular complexity index is 343. The lowest BCUT2D eigenvalue weighted by atomic mass is 10.1. The van der Waals surface area contributed by atoms with Crippen molar-refractivity contribution in [3.63, 3.8) is 0 Å². The van der Waals surface area contributed by atoms with Gasteiger partial charge in [-0.2, -0.15) is 0 Å². The van der Waals surface area contributed by atoms with Crippen molar-refractivity contribution in [2.75, 3.05) is 5.32 Å². The molecular weight excluding hydrogens is 176 g/mol. The van der Waals surface area contributed by atoms with E-state index >= 15 is 0 Å². The minimum Gasteiger partial charge on any atom is -0.381 e. The molecule has 0 saturated heterocycles. The van der Waals surface area contributed by atoms with E-state index in [-0.39, 0.29) is 0 Å². The molecule has 0 radical (unpaired) electrons. The minimum absolute atomic E-state index is 0.495. The van der Waals surface area contributed by atoms with Crippen molar-refractivity contribution in [3.05, 3.63) is 29.3 Å². The van der Waals surface area contributed by atoms with E-state index in [0.29, 0.717) is 11.6 Å². The summed E-state index contributed by atoms with van der Waals surface area (Å²) >= 11 is 0. The molecule has 2 rings (SSSR count). The van der Waals surface area contributed by atoms with E-state index in [1.54, 1.807) is 12.1 Å². The van der Waals surface area contributed by atoms with Gasteiger partial charge in [0, 0.05) is 23.4 Å². The minimum atomic E-state index is 0.495. The van der Waals surface area contributed by atoms with Crippen molar-refractivity contribution in [2.24, 2.45) is 0 Å². The van der Waals surface area contributed by atoms with Crippen molar-refractivity contribution < 1.29 is 4.79 Å². The van der Waals surface area contributed by atoms with E-state index in [1.165, 1.54) is 6.21 Å². The maximum atomic E-state index is 10.8. The van der Waals surface area contributed by atoms with Crippen LogP contribution in [0.1, 0.15) is 28.8 Å². The Morgan fingerprint density at radius 1 is 1.36 bits per heavy atom. The molecule has 1 aliphatic carbocycles. The summed E-state index contributed by atoms with van der Waals surface area (Å²) in [7, 11) is 0. The highest BCUT2D eigenvalue weighted by Crippen LogP contribution is 2.28. The van der Waals surface area contributed by atoms with Crippen LogP contribution in [-0.2, 0) is 0 Å². The van der Waals surface area contributed by atoms with Crippen LogP contribution in [0.2, 0.25) is 0 Å². The maximum Gasteiger partial charge on any atom is 0.152 e. The smallest absolute Gasteiger partial charge is 0.152 e. The maximum absolute atomic E-state index is 10.8. The van der Waals surface area contributed by atoms with Gasteiger partial charge in [0.05, 0.1) is 5.69 Å². The van der Waals surface area contributed by atoms with Crippen molar-refractivity contribution in [1.29, 1.82) is 5.41 Å². The molecule has 3 heteroatoms. The van der Waals surface area contributed by atoms with Crippen molar-refractivity contribution in [3.8, 4) is 0 Å². The standard InChI is InChI=1S/C11H12N2O/c12-6-8-2-1-3-9(7-14)11(8)13-10-4-5-10/h1-3,6-7,10,12-13H,4-5H2. The fourth-order valence-corrected chi connectivity index (χ4v) is 1.41. The number of hydrogen-bond acceptors (Lipinski definition) is 3. The highest BCUT2D eigenvalue weighted by molar-refractivity contribution is 5.95. The number of anilines is 1. The molecule has 0 atom stereocenters. The first-order valence-electron chi connectivity index (χ1n) is 4.70. The average molecular weight is 188 g/mol. The van der Waals surface area contributed by atoms with Gasteiger partial charge in [-0.05, 0) is 18.9 Å². The highest BCUT2D eigenvalue weighted by atomic mass is 16.1. The first-order chi connectivity index (χ1) is 6.85. The van der Waals surface area contributed by atoms with Gasteiger partial charge in [-0.1, -0.05) is 12.1 Å². The summed E-state index contributed by atoms with van der Waals surface area (Å²) in [6.45, 7) is 0. The van der Waals surface area contributed by atoms with Gasteiger partial charge in [0.15, 0.2) is 6.29 Å². The van der Waals surface area contributed by atoms with E-state index in [1.807, 2.05) is 6.07 Å². The molecule has 1 aliphatic rings. The Morgan fingerprint density at radius 2 is 2.07 bits per heavy atom. The fraction of sp³-hybridized carbons (Fsp3) is 0.273. The van der Waals surface area contributed by atoms with Gasteiger partial charge in [-0.15, -0.1) is 0 Å². The van der Waals surface area contributed by atoms with Gasteiger partial charge in [-0.3, -0.25) is 4.79 Å². The summed E-state index contributed by atoms with van der Waals surface area (Å²) in [6.07, 6.45) is 4.42. The molecule has 3 nitrogen and oxygen atoms in total. The molecule has 0 amide bonds.